The van der Waals surface area contributed by atoms with Crippen LogP contribution in [0.1, 0.15) is 52.0 Å². The predicted molar refractivity (Wildman–Crippen MR) is 80.5 cm³/mol. The SMILES string of the molecule is CCCCC(CCC)n1c(=S)[nH]c2c(F)cc(F)cc21. The normalized spacial score (nSPS) is 13.0. The van der Waals surface area contributed by atoms with Gasteiger partial charge in [-0.2, -0.15) is 0 Å². The molecule has 110 valence electrons. The number of unbranched alkanes of at least 4 members (excludes halogenated alkanes) is 1. The molecule has 5 heteroatoms. The highest BCUT2D eigenvalue weighted by Crippen LogP contribution is 2.28. The Hall–Kier alpha value is -1.23. The minimum absolute atomic E-state index is 0.197. The van der Waals surface area contributed by atoms with Crippen molar-refractivity contribution in [3.63, 3.8) is 0 Å². The zero-order valence-corrected chi connectivity index (χ0v) is 12.7. The lowest BCUT2D eigenvalue weighted by molar-refractivity contribution is 0.422. The molecule has 0 bridgehead atoms. The predicted octanol–water partition coefficient (Wildman–Crippen LogP) is 5.51. The van der Waals surface area contributed by atoms with Gasteiger partial charge in [-0.15, -0.1) is 0 Å². The Balaban J connectivity index is 2.55. The van der Waals surface area contributed by atoms with Crippen molar-refractivity contribution in [1.29, 1.82) is 0 Å². The fourth-order valence-electron chi connectivity index (χ4n) is 2.69. The first-order valence-corrected chi connectivity index (χ1v) is 7.58. The van der Waals surface area contributed by atoms with Crippen molar-refractivity contribution in [2.45, 2.75) is 52.0 Å². The fourth-order valence-corrected chi connectivity index (χ4v) is 3.04. The third-order valence-electron chi connectivity index (χ3n) is 3.62. The summed E-state index contributed by atoms with van der Waals surface area (Å²) in [6.07, 6.45) is 5.12. The van der Waals surface area contributed by atoms with E-state index >= 15 is 0 Å². The van der Waals surface area contributed by atoms with Crippen molar-refractivity contribution < 1.29 is 8.78 Å². The fraction of sp³-hybridized carbons (Fsp3) is 0.533. The smallest absolute Gasteiger partial charge is 0.178 e. The standard InChI is InChI=1S/C15H20F2N2S/c1-3-5-7-11(6-4-2)19-13-9-10(16)8-12(17)14(13)18-15(19)20/h8-9,11H,3-7H2,1-2H3,(H,18,20). The number of imidazole rings is 1. The Bertz CT molecular complexity index is 645. The van der Waals surface area contributed by atoms with E-state index in [-0.39, 0.29) is 6.04 Å². The third kappa shape index (κ3) is 2.92. The Morgan fingerprint density at radius 1 is 1.20 bits per heavy atom. The van der Waals surface area contributed by atoms with Gasteiger partial charge in [-0.05, 0) is 31.1 Å². The number of benzene rings is 1. The number of fused-ring (bicyclic) bond motifs is 1. The van der Waals surface area contributed by atoms with E-state index in [2.05, 4.69) is 18.8 Å². The lowest BCUT2D eigenvalue weighted by Crippen LogP contribution is -2.09. The van der Waals surface area contributed by atoms with Crippen LogP contribution in [0.25, 0.3) is 11.0 Å². The number of nitrogens with one attached hydrogen (secondary N) is 1. The first-order valence-electron chi connectivity index (χ1n) is 7.17. The van der Waals surface area contributed by atoms with Crippen LogP contribution in [0, 0.1) is 16.4 Å². The molecule has 0 amide bonds. The summed E-state index contributed by atoms with van der Waals surface area (Å²) < 4.78 is 29.7. The summed E-state index contributed by atoms with van der Waals surface area (Å²) in [7, 11) is 0. The molecule has 0 radical (unpaired) electrons. The Kier molecular flexibility index (Phi) is 4.91. The topological polar surface area (TPSA) is 20.7 Å². The number of hydrogen-bond acceptors (Lipinski definition) is 1. The molecule has 0 spiro atoms. The van der Waals surface area contributed by atoms with Crippen LogP contribution in [0.3, 0.4) is 0 Å². The maximum atomic E-state index is 13.8. The largest absolute Gasteiger partial charge is 0.328 e. The molecule has 0 saturated heterocycles. The van der Waals surface area contributed by atoms with Gasteiger partial charge in [0.15, 0.2) is 10.6 Å². The summed E-state index contributed by atoms with van der Waals surface area (Å²) >= 11 is 5.32. The van der Waals surface area contributed by atoms with E-state index in [1.807, 2.05) is 4.57 Å². The van der Waals surface area contributed by atoms with Gasteiger partial charge in [0.2, 0.25) is 0 Å². The molecule has 0 aliphatic rings. The molecule has 1 atom stereocenters. The zero-order chi connectivity index (χ0) is 14.7. The second-order valence-electron chi connectivity index (χ2n) is 5.17. The maximum absolute atomic E-state index is 13.8. The highest BCUT2D eigenvalue weighted by Gasteiger charge is 2.17. The summed E-state index contributed by atoms with van der Waals surface area (Å²) in [4.78, 5) is 2.87. The Labute approximate surface area is 122 Å². The van der Waals surface area contributed by atoms with Gasteiger partial charge >= 0.3 is 0 Å². The third-order valence-corrected chi connectivity index (χ3v) is 3.92. The summed E-state index contributed by atoms with van der Waals surface area (Å²) in [5.41, 5.74) is 0.830. The monoisotopic (exact) mass is 298 g/mol. The second-order valence-corrected chi connectivity index (χ2v) is 5.55. The molecule has 0 aliphatic heterocycles. The van der Waals surface area contributed by atoms with Crippen molar-refractivity contribution in [2.75, 3.05) is 0 Å². The summed E-state index contributed by atoms with van der Waals surface area (Å²) in [5, 5.41) is 0. The number of rotatable bonds is 6. The molecule has 0 aliphatic carbocycles. The molecule has 0 saturated carbocycles. The molecular weight excluding hydrogens is 278 g/mol. The molecule has 20 heavy (non-hydrogen) atoms. The van der Waals surface area contributed by atoms with E-state index in [0.717, 1.165) is 38.2 Å². The van der Waals surface area contributed by atoms with Crippen molar-refractivity contribution in [2.24, 2.45) is 0 Å². The van der Waals surface area contributed by atoms with Crippen LogP contribution >= 0.6 is 12.2 Å². The molecule has 1 aromatic heterocycles. The van der Waals surface area contributed by atoms with Gasteiger partial charge in [-0.3, -0.25) is 0 Å². The van der Waals surface area contributed by atoms with E-state index in [0.29, 0.717) is 15.8 Å². The number of halogens is 2. The van der Waals surface area contributed by atoms with Gasteiger partial charge in [0.1, 0.15) is 11.3 Å². The number of nitrogens with zero attached hydrogens (tertiary/aromatic N) is 1. The molecular formula is C15H20F2N2S. The molecule has 2 aromatic rings. The second kappa shape index (κ2) is 6.48. The lowest BCUT2D eigenvalue weighted by atomic mass is 10.0. The zero-order valence-electron chi connectivity index (χ0n) is 11.9. The van der Waals surface area contributed by atoms with Gasteiger partial charge in [0.05, 0.1) is 5.52 Å². The van der Waals surface area contributed by atoms with Crippen LogP contribution in [0.15, 0.2) is 12.1 Å². The van der Waals surface area contributed by atoms with Gasteiger partial charge in [-0.25, -0.2) is 8.78 Å². The minimum Gasteiger partial charge on any atom is -0.328 e. The van der Waals surface area contributed by atoms with E-state index in [9.17, 15) is 8.78 Å². The van der Waals surface area contributed by atoms with Crippen molar-refractivity contribution in [3.8, 4) is 0 Å². The van der Waals surface area contributed by atoms with Crippen molar-refractivity contribution in [1.82, 2.24) is 9.55 Å². The summed E-state index contributed by atoms with van der Waals surface area (Å²) in [6, 6.07) is 2.44. The molecule has 0 fully saturated rings. The van der Waals surface area contributed by atoms with E-state index < -0.39 is 11.6 Å². The Morgan fingerprint density at radius 2 is 1.95 bits per heavy atom. The molecule has 1 aromatic carbocycles. The van der Waals surface area contributed by atoms with Gasteiger partial charge in [0, 0.05) is 12.1 Å². The van der Waals surface area contributed by atoms with Crippen LogP contribution in [0.5, 0.6) is 0 Å². The molecule has 2 nitrogen and oxygen atoms in total. The van der Waals surface area contributed by atoms with Crippen LogP contribution in [0.2, 0.25) is 0 Å². The van der Waals surface area contributed by atoms with Crippen LogP contribution < -0.4 is 0 Å². The summed E-state index contributed by atoms with van der Waals surface area (Å²) in [6.45, 7) is 4.25. The maximum Gasteiger partial charge on any atom is 0.178 e. The van der Waals surface area contributed by atoms with Crippen molar-refractivity contribution in [3.05, 3.63) is 28.5 Å². The van der Waals surface area contributed by atoms with Crippen LogP contribution in [-0.4, -0.2) is 9.55 Å². The number of H-pyrrole nitrogens is 1. The average Bonchev–Trinajstić information content (AvgIpc) is 2.71. The van der Waals surface area contributed by atoms with Gasteiger partial charge in [-0.1, -0.05) is 33.1 Å². The number of aromatic amines is 1. The molecule has 2 rings (SSSR count). The van der Waals surface area contributed by atoms with Crippen LogP contribution in [0.4, 0.5) is 8.78 Å². The molecule has 1 unspecified atom stereocenters. The molecule has 1 heterocycles. The van der Waals surface area contributed by atoms with E-state index in [1.165, 1.54) is 6.07 Å². The highest BCUT2D eigenvalue weighted by molar-refractivity contribution is 7.71. The van der Waals surface area contributed by atoms with Gasteiger partial charge < -0.3 is 9.55 Å². The first-order chi connectivity index (χ1) is 9.58. The minimum atomic E-state index is -0.587. The molecule has 1 N–H and O–H groups in total. The van der Waals surface area contributed by atoms with E-state index in [4.69, 9.17) is 12.2 Å². The van der Waals surface area contributed by atoms with Crippen molar-refractivity contribution >= 4 is 23.3 Å². The van der Waals surface area contributed by atoms with E-state index in [1.54, 1.807) is 0 Å². The van der Waals surface area contributed by atoms with Crippen LogP contribution in [-0.2, 0) is 0 Å². The quantitative estimate of drug-likeness (QED) is 0.697. The first kappa shape index (κ1) is 15.2. The lowest BCUT2D eigenvalue weighted by Gasteiger charge is -2.18. The highest BCUT2D eigenvalue weighted by atomic mass is 32.1. The van der Waals surface area contributed by atoms with Gasteiger partial charge in [0.25, 0.3) is 0 Å². The Morgan fingerprint density at radius 3 is 2.60 bits per heavy atom. The number of hydrogen-bond donors (Lipinski definition) is 1. The summed E-state index contributed by atoms with van der Waals surface area (Å²) in [5.74, 6) is -1.15. The number of aromatic nitrogens is 2. The average molecular weight is 298 g/mol.